The molecule has 2 N–H and O–H groups in total. The van der Waals surface area contributed by atoms with E-state index in [-0.39, 0.29) is 0 Å². The van der Waals surface area contributed by atoms with Crippen LogP contribution in [0.4, 0.5) is 5.69 Å². The van der Waals surface area contributed by atoms with Crippen molar-refractivity contribution >= 4 is 16.7 Å². The van der Waals surface area contributed by atoms with E-state index in [1.807, 2.05) is 50.0 Å². The molecule has 0 saturated carbocycles. The molecule has 0 saturated heterocycles. The number of pyridine rings is 1. The molecule has 0 aliphatic carbocycles. The third kappa shape index (κ3) is 3.35. The zero-order valence-electron chi connectivity index (χ0n) is 16.2. The normalized spacial score (nSPS) is 11.1. The summed E-state index contributed by atoms with van der Waals surface area (Å²) in [4.78, 5) is 7.78. The molecule has 0 radical (unpaired) electrons. The quantitative estimate of drug-likeness (QED) is 0.539. The highest BCUT2D eigenvalue weighted by molar-refractivity contribution is 5.96. The third-order valence-corrected chi connectivity index (χ3v) is 4.72. The number of aryl methyl sites for hydroxylation is 1. The van der Waals surface area contributed by atoms with Crippen LogP contribution in [0.1, 0.15) is 19.4 Å². The Kier molecular flexibility index (Phi) is 4.58. The highest BCUT2D eigenvalue weighted by atomic mass is 15.2. The molecule has 0 spiro atoms. The Labute approximate surface area is 163 Å². The van der Waals surface area contributed by atoms with Gasteiger partial charge in [-0.25, -0.2) is 4.98 Å². The molecule has 0 bridgehead atoms. The van der Waals surface area contributed by atoms with E-state index in [0.29, 0.717) is 11.5 Å². The van der Waals surface area contributed by atoms with Crippen LogP contribution in [-0.4, -0.2) is 26.3 Å². The van der Waals surface area contributed by atoms with Gasteiger partial charge in [0.2, 0.25) is 0 Å². The van der Waals surface area contributed by atoms with Crippen LogP contribution in [0.3, 0.4) is 0 Å². The fraction of sp³-hybridized carbons (Fsp3) is 0.227. The number of aromatic nitrogens is 4. The second kappa shape index (κ2) is 7.20. The molecule has 0 aliphatic heterocycles. The molecule has 6 heteroatoms. The molecule has 0 amide bonds. The summed E-state index contributed by atoms with van der Waals surface area (Å²) in [6.07, 6.45) is 7.60. The van der Waals surface area contributed by atoms with Gasteiger partial charge in [-0.3, -0.25) is 4.68 Å². The van der Waals surface area contributed by atoms with E-state index in [4.69, 9.17) is 0 Å². The van der Waals surface area contributed by atoms with Gasteiger partial charge in [-0.2, -0.15) is 10.4 Å². The maximum atomic E-state index is 9.59. The van der Waals surface area contributed by atoms with E-state index in [1.165, 1.54) is 0 Å². The van der Waals surface area contributed by atoms with Gasteiger partial charge in [0.25, 0.3) is 0 Å². The number of anilines is 1. The summed E-state index contributed by atoms with van der Waals surface area (Å²) >= 11 is 0. The minimum atomic E-state index is 0.511. The highest BCUT2D eigenvalue weighted by Gasteiger charge is 2.12. The van der Waals surface area contributed by atoms with Crippen molar-refractivity contribution < 1.29 is 0 Å². The highest BCUT2D eigenvalue weighted by Crippen LogP contribution is 2.32. The molecular weight excluding hydrogens is 348 g/mol. The molecule has 3 aromatic heterocycles. The summed E-state index contributed by atoms with van der Waals surface area (Å²) in [6.45, 7) is 5.12. The van der Waals surface area contributed by atoms with Crippen molar-refractivity contribution in [1.29, 1.82) is 5.26 Å². The Morgan fingerprint density at radius 2 is 2.04 bits per heavy atom. The first-order valence-corrected chi connectivity index (χ1v) is 9.29. The molecule has 0 fully saturated rings. The fourth-order valence-corrected chi connectivity index (χ4v) is 3.24. The number of hydrogen-bond donors (Lipinski definition) is 2. The van der Waals surface area contributed by atoms with Gasteiger partial charge in [0.05, 0.1) is 17.4 Å². The number of rotatable bonds is 5. The average molecular weight is 370 g/mol. The van der Waals surface area contributed by atoms with Gasteiger partial charge in [0.15, 0.2) is 0 Å². The summed E-state index contributed by atoms with van der Waals surface area (Å²) in [5.41, 5.74) is 6.39. The Morgan fingerprint density at radius 1 is 1.18 bits per heavy atom. The van der Waals surface area contributed by atoms with Gasteiger partial charge < -0.3 is 10.3 Å². The lowest BCUT2D eigenvalue weighted by molar-refractivity contribution is 0.689. The number of nitriles is 1. The maximum Gasteiger partial charge on any atom is 0.137 e. The number of fused-ring (bicyclic) bond motifs is 1. The van der Waals surface area contributed by atoms with Crippen LogP contribution < -0.4 is 5.32 Å². The number of nitrogens with zero attached hydrogens (tertiary/aromatic N) is 4. The fourth-order valence-electron chi connectivity index (χ4n) is 3.24. The van der Waals surface area contributed by atoms with E-state index in [0.717, 1.165) is 45.5 Å². The predicted octanol–water partition coefficient (Wildman–Crippen LogP) is 4.57. The number of hydrogen-bond acceptors (Lipinski definition) is 4. The number of benzene rings is 1. The number of H-pyrrole nitrogens is 1. The van der Waals surface area contributed by atoms with Gasteiger partial charge in [-0.15, -0.1) is 0 Å². The second-order valence-electron chi connectivity index (χ2n) is 7.37. The van der Waals surface area contributed by atoms with Crippen molar-refractivity contribution in [2.45, 2.75) is 13.8 Å². The van der Waals surface area contributed by atoms with Crippen LogP contribution in [0.15, 0.2) is 49.1 Å². The monoisotopic (exact) mass is 370 g/mol. The first-order chi connectivity index (χ1) is 13.5. The van der Waals surface area contributed by atoms with Gasteiger partial charge in [-0.05, 0) is 29.7 Å². The Bertz CT molecular complexity index is 1180. The second-order valence-corrected chi connectivity index (χ2v) is 7.37. The van der Waals surface area contributed by atoms with E-state index in [2.05, 4.69) is 46.4 Å². The zero-order chi connectivity index (χ0) is 19.7. The lowest BCUT2D eigenvalue weighted by Crippen LogP contribution is -2.08. The first kappa shape index (κ1) is 17.8. The molecule has 28 heavy (non-hydrogen) atoms. The summed E-state index contributed by atoms with van der Waals surface area (Å²) in [6, 6.07) is 10.4. The van der Waals surface area contributed by atoms with Gasteiger partial charge >= 0.3 is 0 Å². The van der Waals surface area contributed by atoms with Crippen LogP contribution in [0.5, 0.6) is 0 Å². The van der Waals surface area contributed by atoms with Gasteiger partial charge in [-0.1, -0.05) is 19.9 Å². The van der Waals surface area contributed by atoms with Crippen molar-refractivity contribution in [3.8, 4) is 28.3 Å². The molecular formula is C22H22N6. The summed E-state index contributed by atoms with van der Waals surface area (Å²) < 4.78 is 1.78. The van der Waals surface area contributed by atoms with Gasteiger partial charge in [0, 0.05) is 54.3 Å². The standard InChI is InChI=1S/C22H22N6/c1-14(2)9-24-21-5-4-15(6-16(21)8-23)20-12-26-22-19(20)7-17(10-25-22)18-11-27-28(3)13-18/h4-7,10-14,24H,9H2,1-3H3,(H,25,26). The molecule has 0 unspecified atom stereocenters. The Morgan fingerprint density at radius 3 is 2.75 bits per heavy atom. The van der Waals surface area contributed by atoms with Crippen LogP contribution in [0, 0.1) is 17.2 Å². The SMILES string of the molecule is CC(C)CNc1ccc(-c2c[nH]c3ncc(-c4cnn(C)c4)cc23)cc1C#N. The van der Waals surface area contributed by atoms with Crippen molar-refractivity contribution in [2.24, 2.45) is 13.0 Å². The summed E-state index contributed by atoms with van der Waals surface area (Å²) in [7, 11) is 1.90. The molecule has 140 valence electrons. The summed E-state index contributed by atoms with van der Waals surface area (Å²) in [5, 5.41) is 18.2. The van der Waals surface area contributed by atoms with Crippen molar-refractivity contribution in [3.05, 3.63) is 54.6 Å². The molecule has 0 aliphatic rings. The average Bonchev–Trinajstić information content (AvgIpc) is 3.31. The van der Waals surface area contributed by atoms with Crippen LogP contribution >= 0.6 is 0 Å². The lowest BCUT2D eigenvalue weighted by atomic mass is 10.0. The molecule has 4 aromatic rings. The van der Waals surface area contributed by atoms with E-state index >= 15 is 0 Å². The molecule has 6 nitrogen and oxygen atoms in total. The van der Waals surface area contributed by atoms with Crippen LogP contribution in [-0.2, 0) is 7.05 Å². The lowest BCUT2D eigenvalue weighted by Gasteiger charge is -2.11. The Hall–Kier alpha value is -3.59. The minimum Gasteiger partial charge on any atom is -0.384 e. The molecule has 1 aromatic carbocycles. The molecule has 3 heterocycles. The molecule has 4 rings (SSSR count). The molecule has 0 atom stereocenters. The largest absolute Gasteiger partial charge is 0.384 e. The van der Waals surface area contributed by atoms with E-state index in [1.54, 1.807) is 4.68 Å². The summed E-state index contributed by atoms with van der Waals surface area (Å²) in [5.74, 6) is 0.511. The Balaban J connectivity index is 1.75. The van der Waals surface area contributed by atoms with E-state index < -0.39 is 0 Å². The van der Waals surface area contributed by atoms with Crippen LogP contribution in [0.25, 0.3) is 33.3 Å². The third-order valence-electron chi connectivity index (χ3n) is 4.72. The van der Waals surface area contributed by atoms with Crippen molar-refractivity contribution in [1.82, 2.24) is 19.7 Å². The van der Waals surface area contributed by atoms with E-state index in [9.17, 15) is 5.26 Å². The van der Waals surface area contributed by atoms with Gasteiger partial charge in [0.1, 0.15) is 11.7 Å². The van der Waals surface area contributed by atoms with Crippen molar-refractivity contribution in [2.75, 3.05) is 11.9 Å². The zero-order valence-corrected chi connectivity index (χ0v) is 16.2. The number of aromatic amines is 1. The maximum absolute atomic E-state index is 9.59. The van der Waals surface area contributed by atoms with Crippen LogP contribution in [0.2, 0.25) is 0 Å². The van der Waals surface area contributed by atoms with Crippen molar-refractivity contribution in [3.63, 3.8) is 0 Å². The topological polar surface area (TPSA) is 82.3 Å². The first-order valence-electron chi connectivity index (χ1n) is 9.29. The number of nitrogens with one attached hydrogen (secondary N) is 2. The predicted molar refractivity (Wildman–Crippen MR) is 112 cm³/mol. The smallest absolute Gasteiger partial charge is 0.137 e. The minimum absolute atomic E-state index is 0.511.